The van der Waals surface area contributed by atoms with Gasteiger partial charge in [-0.15, -0.1) is 11.3 Å². The number of anilines is 3. The molecule has 1 saturated carbocycles. The van der Waals surface area contributed by atoms with Crippen LogP contribution in [-0.4, -0.2) is 39.0 Å². The summed E-state index contributed by atoms with van der Waals surface area (Å²) >= 11 is 1.25. The van der Waals surface area contributed by atoms with Crippen molar-refractivity contribution < 1.29 is 14.3 Å². The van der Waals surface area contributed by atoms with E-state index in [4.69, 9.17) is 10.5 Å². The first-order chi connectivity index (χ1) is 17.5. The van der Waals surface area contributed by atoms with Crippen LogP contribution in [0.15, 0.2) is 48.8 Å². The second-order valence-corrected chi connectivity index (χ2v) is 9.79. The molecule has 1 aromatic carbocycles. The van der Waals surface area contributed by atoms with Gasteiger partial charge in [0.1, 0.15) is 15.5 Å². The van der Waals surface area contributed by atoms with Crippen LogP contribution in [0.2, 0.25) is 0 Å². The molecule has 0 spiro atoms. The minimum atomic E-state index is -0.413. The number of urea groups is 1. The van der Waals surface area contributed by atoms with E-state index in [2.05, 4.69) is 25.6 Å². The highest BCUT2D eigenvalue weighted by Gasteiger charge is 2.35. The van der Waals surface area contributed by atoms with Crippen LogP contribution in [0.25, 0.3) is 10.2 Å². The number of para-hydroxylation sites is 1. The van der Waals surface area contributed by atoms with E-state index in [0.29, 0.717) is 43.6 Å². The summed E-state index contributed by atoms with van der Waals surface area (Å²) in [4.78, 5) is 42.3. The minimum absolute atomic E-state index is 0.0599. The predicted molar refractivity (Wildman–Crippen MR) is 137 cm³/mol. The smallest absolute Gasteiger partial charge is 0.331 e. The monoisotopic (exact) mass is 501 g/mol. The van der Waals surface area contributed by atoms with Crippen LogP contribution in [0, 0.1) is 6.92 Å². The Hall–Kier alpha value is -4.09. The number of nitrogens with two attached hydrogens (primary N) is 1. The molecule has 1 aliphatic heterocycles. The second-order valence-electron chi connectivity index (χ2n) is 8.80. The Morgan fingerprint density at radius 1 is 1.19 bits per heavy atom. The molecule has 6 rings (SSSR count). The summed E-state index contributed by atoms with van der Waals surface area (Å²) in [6.07, 6.45) is 5.90. The number of carbonyl (C=O) groups is 2. The quantitative estimate of drug-likeness (QED) is 0.367. The fraction of sp³-hybridized carbons (Fsp3) is 0.240. The lowest BCUT2D eigenvalue weighted by Crippen LogP contribution is -2.44. The van der Waals surface area contributed by atoms with Gasteiger partial charge in [-0.2, -0.15) is 4.98 Å². The molecule has 2 aliphatic rings. The molecule has 1 unspecified atom stereocenters. The number of carbonyl (C=O) groups excluding carboxylic acids is 2. The summed E-state index contributed by atoms with van der Waals surface area (Å²) in [5.41, 5.74) is 8.27. The minimum Gasteiger partial charge on any atom is -0.424 e. The molecule has 3 aromatic heterocycles. The van der Waals surface area contributed by atoms with Gasteiger partial charge >= 0.3 is 12.0 Å². The summed E-state index contributed by atoms with van der Waals surface area (Å²) in [7, 11) is 0. The van der Waals surface area contributed by atoms with Crippen LogP contribution in [0.3, 0.4) is 0 Å². The zero-order chi connectivity index (χ0) is 24.8. The fourth-order valence-electron chi connectivity index (χ4n) is 4.69. The number of thiophene rings is 1. The van der Waals surface area contributed by atoms with Crippen molar-refractivity contribution in [3.8, 4) is 11.8 Å². The van der Waals surface area contributed by atoms with E-state index in [-0.39, 0.29) is 24.0 Å². The Morgan fingerprint density at radius 3 is 2.78 bits per heavy atom. The third kappa shape index (κ3) is 3.82. The van der Waals surface area contributed by atoms with Gasteiger partial charge in [-0.1, -0.05) is 18.2 Å². The van der Waals surface area contributed by atoms with Crippen molar-refractivity contribution in [3.05, 3.63) is 59.4 Å². The Kier molecular flexibility index (Phi) is 5.50. The van der Waals surface area contributed by atoms with Crippen LogP contribution >= 0.6 is 11.3 Å². The number of rotatable bonds is 5. The molecule has 3 amide bonds. The number of nitrogens with one attached hydrogen (secondary N) is 2. The van der Waals surface area contributed by atoms with Crippen molar-refractivity contribution in [3.63, 3.8) is 0 Å². The first-order valence-corrected chi connectivity index (χ1v) is 12.5. The van der Waals surface area contributed by atoms with Crippen LogP contribution in [0.1, 0.15) is 34.6 Å². The van der Waals surface area contributed by atoms with Gasteiger partial charge in [-0.25, -0.2) is 14.8 Å². The lowest BCUT2D eigenvalue weighted by atomic mass is 10.1. The molecule has 2 atom stereocenters. The largest absolute Gasteiger partial charge is 0.424 e. The van der Waals surface area contributed by atoms with Crippen LogP contribution in [-0.2, 0) is 0 Å². The van der Waals surface area contributed by atoms with E-state index in [1.54, 1.807) is 25.4 Å². The van der Waals surface area contributed by atoms with E-state index in [1.807, 2.05) is 30.3 Å². The average Bonchev–Trinajstić information content (AvgIpc) is 3.45. The normalized spacial score (nSPS) is 18.8. The number of aryl methyl sites for hydroxylation is 1. The SMILES string of the molecule is Cc1nc(Oc2ccccc2)ncc1N1C(=O)Nc2c(C(=O)N[C@@H]3CCCC3N)sc3nccc1c23. The molecular formula is C25H23N7O3S. The van der Waals surface area contributed by atoms with Crippen molar-refractivity contribution >= 4 is 50.6 Å². The molecule has 4 heterocycles. The Labute approximate surface area is 210 Å². The van der Waals surface area contributed by atoms with Gasteiger partial charge in [-0.05, 0) is 44.4 Å². The fourth-order valence-corrected chi connectivity index (χ4v) is 5.71. The molecule has 36 heavy (non-hydrogen) atoms. The van der Waals surface area contributed by atoms with Crippen molar-refractivity contribution in [1.82, 2.24) is 20.3 Å². The molecule has 0 radical (unpaired) electrons. The lowest BCUT2D eigenvalue weighted by molar-refractivity contribution is 0.0939. The predicted octanol–water partition coefficient (Wildman–Crippen LogP) is 4.48. The molecule has 1 fully saturated rings. The van der Waals surface area contributed by atoms with Gasteiger partial charge in [-0.3, -0.25) is 9.69 Å². The van der Waals surface area contributed by atoms with E-state index in [1.165, 1.54) is 16.2 Å². The lowest BCUT2D eigenvalue weighted by Gasteiger charge is -2.29. The highest BCUT2D eigenvalue weighted by molar-refractivity contribution is 7.21. The van der Waals surface area contributed by atoms with Crippen LogP contribution in [0.4, 0.5) is 21.9 Å². The number of aromatic nitrogens is 3. The Balaban J connectivity index is 1.35. The highest BCUT2D eigenvalue weighted by Crippen LogP contribution is 2.46. The topological polar surface area (TPSA) is 135 Å². The zero-order valence-electron chi connectivity index (χ0n) is 19.4. The van der Waals surface area contributed by atoms with Crippen molar-refractivity contribution in [2.45, 2.75) is 38.3 Å². The van der Waals surface area contributed by atoms with Gasteiger partial charge in [0.15, 0.2) is 0 Å². The Bertz CT molecular complexity index is 1490. The first-order valence-electron chi connectivity index (χ1n) is 11.6. The second kappa shape index (κ2) is 8.85. The van der Waals surface area contributed by atoms with Gasteiger partial charge in [0.25, 0.3) is 5.91 Å². The van der Waals surface area contributed by atoms with E-state index in [0.717, 1.165) is 19.3 Å². The first kappa shape index (κ1) is 22.4. The van der Waals surface area contributed by atoms with Gasteiger partial charge in [0, 0.05) is 18.3 Å². The molecular weight excluding hydrogens is 478 g/mol. The number of amides is 3. The summed E-state index contributed by atoms with van der Waals surface area (Å²) in [6, 6.07) is 10.6. The Morgan fingerprint density at radius 2 is 2.03 bits per heavy atom. The molecule has 182 valence electrons. The van der Waals surface area contributed by atoms with Crippen LogP contribution < -0.4 is 26.0 Å². The van der Waals surface area contributed by atoms with Crippen molar-refractivity contribution in [1.29, 1.82) is 0 Å². The maximum Gasteiger partial charge on any atom is 0.331 e. The average molecular weight is 502 g/mol. The number of hydrogen-bond donors (Lipinski definition) is 3. The third-order valence-electron chi connectivity index (χ3n) is 6.46. The maximum atomic E-state index is 13.4. The number of hydrogen-bond acceptors (Lipinski definition) is 8. The van der Waals surface area contributed by atoms with E-state index in [9.17, 15) is 9.59 Å². The molecule has 1 aliphatic carbocycles. The summed E-state index contributed by atoms with van der Waals surface area (Å²) in [6.45, 7) is 1.79. The molecule has 0 bridgehead atoms. The molecule has 11 heteroatoms. The number of benzene rings is 1. The number of pyridine rings is 1. The number of ether oxygens (including phenoxy) is 1. The molecule has 4 aromatic rings. The van der Waals surface area contributed by atoms with Crippen molar-refractivity contribution in [2.24, 2.45) is 5.73 Å². The molecule has 10 nitrogen and oxygen atoms in total. The summed E-state index contributed by atoms with van der Waals surface area (Å²) in [5.74, 6) is 0.362. The molecule has 4 N–H and O–H groups in total. The summed E-state index contributed by atoms with van der Waals surface area (Å²) in [5, 5.41) is 6.64. The van der Waals surface area contributed by atoms with Gasteiger partial charge in [0.2, 0.25) is 0 Å². The van der Waals surface area contributed by atoms with Gasteiger partial charge in [0.05, 0.1) is 34.3 Å². The molecule has 0 saturated heterocycles. The maximum absolute atomic E-state index is 13.4. The standard InChI is InChI=1S/C25H23N7O3S/c1-13-18(12-28-24(29-13)35-14-6-3-2-4-7-14)32-17-10-11-27-23-19(17)20(31-25(32)34)21(36-23)22(33)30-16-9-5-8-15(16)26/h2-4,6-7,10-12,15-16H,5,8-9,26H2,1H3,(H,30,33)(H,31,34)/t15?,16-/m1/s1. The van der Waals surface area contributed by atoms with Gasteiger partial charge < -0.3 is 21.1 Å². The number of nitrogens with zero attached hydrogens (tertiary/aromatic N) is 4. The van der Waals surface area contributed by atoms with Crippen molar-refractivity contribution in [2.75, 3.05) is 10.2 Å². The summed E-state index contributed by atoms with van der Waals surface area (Å²) < 4.78 is 5.73. The van der Waals surface area contributed by atoms with E-state index >= 15 is 0 Å². The highest BCUT2D eigenvalue weighted by atomic mass is 32.1. The van der Waals surface area contributed by atoms with E-state index < -0.39 is 6.03 Å². The zero-order valence-corrected chi connectivity index (χ0v) is 20.2. The third-order valence-corrected chi connectivity index (χ3v) is 7.56. The van der Waals surface area contributed by atoms with Crippen LogP contribution in [0.5, 0.6) is 11.8 Å².